The van der Waals surface area contributed by atoms with Crippen LogP contribution in [0.2, 0.25) is 0 Å². The highest BCUT2D eigenvalue weighted by molar-refractivity contribution is 14.0. The number of hydrogen-bond acceptors (Lipinski definition) is 3. The molecule has 7 heteroatoms. The molecule has 1 heterocycles. The molecule has 0 saturated carbocycles. The summed E-state index contributed by atoms with van der Waals surface area (Å²) in [6.45, 7) is 6.83. The summed E-state index contributed by atoms with van der Waals surface area (Å²) < 4.78 is 18.4. The number of ether oxygens (including phenoxy) is 1. The van der Waals surface area contributed by atoms with Crippen LogP contribution in [0.5, 0.6) is 5.75 Å². The van der Waals surface area contributed by atoms with E-state index in [9.17, 15) is 4.39 Å². The van der Waals surface area contributed by atoms with E-state index in [4.69, 9.17) is 4.74 Å². The zero-order chi connectivity index (χ0) is 17.2. The van der Waals surface area contributed by atoms with Crippen molar-refractivity contribution in [3.05, 3.63) is 30.1 Å². The van der Waals surface area contributed by atoms with Crippen LogP contribution in [0.4, 0.5) is 4.39 Å². The van der Waals surface area contributed by atoms with Gasteiger partial charge in [0.25, 0.3) is 0 Å². The molecule has 0 spiro atoms. The Kier molecular flexibility index (Phi) is 10.8. The third kappa shape index (κ3) is 7.77. The number of benzene rings is 1. The van der Waals surface area contributed by atoms with E-state index in [1.807, 2.05) is 0 Å². The van der Waals surface area contributed by atoms with Crippen LogP contribution in [0.1, 0.15) is 26.2 Å². The van der Waals surface area contributed by atoms with Crippen molar-refractivity contribution in [1.82, 2.24) is 15.5 Å². The fraction of sp³-hybridized carbons (Fsp3) is 0.611. The molecule has 0 aliphatic carbocycles. The molecule has 1 unspecified atom stereocenters. The third-order valence-electron chi connectivity index (χ3n) is 4.33. The van der Waals surface area contributed by atoms with E-state index in [0.717, 1.165) is 32.0 Å². The molecular formula is C18H30FIN4O. The van der Waals surface area contributed by atoms with Gasteiger partial charge < -0.3 is 15.4 Å². The minimum Gasteiger partial charge on any atom is -0.494 e. The first-order chi connectivity index (χ1) is 11.7. The number of nitrogens with one attached hydrogen (secondary N) is 2. The minimum atomic E-state index is -0.247. The van der Waals surface area contributed by atoms with E-state index in [-0.39, 0.29) is 29.8 Å². The Labute approximate surface area is 167 Å². The standard InChI is InChI=1S/C18H29FN4O.HI/c1-3-23-12-4-6-16(23)14-22-18(20-2)21-11-5-13-24-17-9-7-15(19)8-10-17;/h7-10,16H,3-6,11-14H2,1-2H3,(H2,20,21,22);1H. The van der Waals surface area contributed by atoms with Gasteiger partial charge in [-0.3, -0.25) is 9.89 Å². The zero-order valence-electron chi connectivity index (χ0n) is 15.1. The largest absolute Gasteiger partial charge is 0.494 e. The van der Waals surface area contributed by atoms with Crippen molar-refractivity contribution >= 4 is 29.9 Å². The van der Waals surface area contributed by atoms with Crippen molar-refractivity contribution in [3.63, 3.8) is 0 Å². The smallest absolute Gasteiger partial charge is 0.191 e. The van der Waals surface area contributed by atoms with E-state index < -0.39 is 0 Å². The second-order valence-electron chi connectivity index (χ2n) is 5.96. The lowest BCUT2D eigenvalue weighted by molar-refractivity contribution is 0.267. The van der Waals surface area contributed by atoms with Crippen molar-refractivity contribution in [2.75, 3.05) is 39.8 Å². The Hall–Kier alpha value is -1.09. The molecule has 1 saturated heterocycles. The van der Waals surface area contributed by atoms with Gasteiger partial charge in [0.05, 0.1) is 6.61 Å². The number of likely N-dealkylation sites (tertiary alicyclic amines) is 1. The molecule has 1 aromatic rings. The second-order valence-corrected chi connectivity index (χ2v) is 5.96. The molecule has 5 nitrogen and oxygen atoms in total. The molecule has 1 atom stereocenters. The Bertz CT molecular complexity index is 512. The molecule has 0 bridgehead atoms. The number of aliphatic imine (C=N–C) groups is 1. The number of halogens is 2. The first-order valence-corrected chi connectivity index (χ1v) is 8.80. The summed E-state index contributed by atoms with van der Waals surface area (Å²) in [6.07, 6.45) is 3.39. The maximum Gasteiger partial charge on any atom is 0.191 e. The van der Waals surface area contributed by atoms with Crippen LogP contribution in [0.15, 0.2) is 29.3 Å². The Morgan fingerprint density at radius 3 is 2.76 bits per heavy atom. The zero-order valence-corrected chi connectivity index (χ0v) is 17.5. The van der Waals surface area contributed by atoms with Crippen molar-refractivity contribution in [3.8, 4) is 5.75 Å². The van der Waals surface area contributed by atoms with Gasteiger partial charge >= 0.3 is 0 Å². The third-order valence-corrected chi connectivity index (χ3v) is 4.33. The lowest BCUT2D eigenvalue weighted by Crippen LogP contribution is -2.45. The van der Waals surface area contributed by atoms with E-state index in [1.54, 1.807) is 19.2 Å². The monoisotopic (exact) mass is 464 g/mol. The summed E-state index contributed by atoms with van der Waals surface area (Å²) in [6, 6.07) is 6.70. The summed E-state index contributed by atoms with van der Waals surface area (Å²) in [7, 11) is 1.79. The first kappa shape index (κ1) is 22.0. The lowest BCUT2D eigenvalue weighted by atomic mass is 10.2. The van der Waals surface area contributed by atoms with Crippen molar-refractivity contribution < 1.29 is 9.13 Å². The summed E-state index contributed by atoms with van der Waals surface area (Å²) in [4.78, 5) is 6.77. The van der Waals surface area contributed by atoms with Crippen molar-refractivity contribution in [2.24, 2.45) is 4.99 Å². The molecule has 0 radical (unpaired) electrons. The maximum atomic E-state index is 12.8. The number of rotatable bonds is 8. The molecule has 0 amide bonds. The fourth-order valence-corrected chi connectivity index (χ4v) is 2.98. The highest BCUT2D eigenvalue weighted by atomic mass is 127. The number of likely N-dealkylation sites (N-methyl/N-ethyl adjacent to an activating group) is 1. The van der Waals surface area contributed by atoms with Gasteiger partial charge in [-0.15, -0.1) is 24.0 Å². The van der Waals surface area contributed by atoms with Crippen LogP contribution in [0.3, 0.4) is 0 Å². The predicted molar refractivity (Wildman–Crippen MR) is 112 cm³/mol. The predicted octanol–water partition coefficient (Wildman–Crippen LogP) is 2.86. The van der Waals surface area contributed by atoms with E-state index in [1.165, 1.54) is 31.5 Å². The van der Waals surface area contributed by atoms with E-state index >= 15 is 0 Å². The second kappa shape index (κ2) is 12.3. The molecule has 2 rings (SSSR count). The number of guanidine groups is 1. The highest BCUT2D eigenvalue weighted by Crippen LogP contribution is 2.15. The van der Waals surface area contributed by atoms with Gasteiger partial charge in [0.2, 0.25) is 0 Å². The van der Waals surface area contributed by atoms with E-state index in [0.29, 0.717) is 18.4 Å². The lowest BCUT2D eigenvalue weighted by Gasteiger charge is -2.24. The molecule has 1 fully saturated rings. The first-order valence-electron chi connectivity index (χ1n) is 8.80. The van der Waals surface area contributed by atoms with Crippen LogP contribution >= 0.6 is 24.0 Å². The van der Waals surface area contributed by atoms with Gasteiger partial charge in [0.15, 0.2) is 5.96 Å². The minimum absolute atomic E-state index is 0. The van der Waals surface area contributed by atoms with Crippen LogP contribution in [0.25, 0.3) is 0 Å². The van der Waals surface area contributed by atoms with Crippen LogP contribution in [-0.2, 0) is 0 Å². The van der Waals surface area contributed by atoms with Gasteiger partial charge in [-0.05, 0) is 56.6 Å². The Morgan fingerprint density at radius 1 is 1.32 bits per heavy atom. The average molecular weight is 464 g/mol. The molecule has 142 valence electrons. The molecule has 0 aromatic heterocycles. The number of hydrogen-bond donors (Lipinski definition) is 2. The van der Waals surface area contributed by atoms with Crippen LogP contribution in [-0.4, -0.2) is 56.7 Å². The summed E-state index contributed by atoms with van der Waals surface area (Å²) >= 11 is 0. The quantitative estimate of drug-likeness (QED) is 0.269. The molecular weight excluding hydrogens is 434 g/mol. The topological polar surface area (TPSA) is 48.9 Å². The van der Waals surface area contributed by atoms with Crippen molar-refractivity contribution in [2.45, 2.75) is 32.2 Å². The molecule has 2 N–H and O–H groups in total. The molecule has 1 aliphatic heterocycles. The van der Waals surface area contributed by atoms with Crippen LogP contribution in [0, 0.1) is 5.82 Å². The summed E-state index contributed by atoms with van der Waals surface area (Å²) in [5.74, 6) is 1.28. The summed E-state index contributed by atoms with van der Waals surface area (Å²) in [5.41, 5.74) is 0. The Balaban J connectivity index is 0.00000312. The van der Waals surface area contributed by atoms with E-state index in [2.05, 4.69) is 27.4 Å². The number of nitrogens with zero attached hydrogens (tertiary/aromatic N) is 2. The van der Waals surface area contributed by atoms with Gasteiger partial charge in [0.1, 0.15) is 11.6 Å². The molecule has 1 aliphatic rings. The van der Waals surface area contributed by atoms with Gasteiger partial charge in [0, 0.05) is 26.2 Å². The normalized spacial score (nSPS) is 17.9. The van der Waals surface area contributed by atoms with Gasteiger partial charge in [-0.1, -0.05) is 6.92 Å². The summed E-state index contributed by atoms with van der Waals surface area (Å²) in [5, 5.41) is 6.71. The van der Waals surface area contributed by atoms with Gasteiger partial charge in [-0.2, -0.15) is 0 Å². The fourth-order valence-electron chi connectivity index (χ4n) is 2.98. The average Bonchev–Trinajstić information content (AvgIpc) is 3.06. The van der Waals surface area contributed by atoms with Crippen LogP contribution < -0.4 is 15.4 Å². The highest BCUT2D eigenvalue weighted by Gasteiger charge is 2.22. The maximum absolute atomic E-state index is 12.8. The van der Waals surface area contributed by atoms with Crippen molar-refractivity contribution in [1.29, 1.82) is 0 Å². The Morgan fingerprint density at radius 2 is 2.08 bits per heavy atom. The molecule has 1 aromatic carbocycles. The van der Waals surface area contributed by atoms with Gasteiger partial charge in [-0.25, -0.2) is 4.39 Å². The molecule has 25 heavy (non-hydrogen) atoms. The SMILES string of the molecule is CCN1CCCC1CNC(=NC)NCCCOc1ccc(F)cc1.I.